The Labute approximate surface area is 230 Å². The molecular weight excluding hydrogens is 474 g/mol. The van der Waals surface area contributed by atoms with Crippen molar-refractivity contribution >= 4 is 33.8 Å². The number of benzene rings is 1. The van der Waals surface area contributed by atoms with E-state index < -0.39 is 0 Å². The van der Waals surface area contributed by atoms with E-state index in [-0.39, 0.29) is 0 Å². The number of piperidine rings is 1. The van der Waals surface area contributed by atoms with Gasteiger partial charge in [-0.1, -0.05) is 31.1 Å². The fourth-order valence-corrected chi connectivity index (χ4v) is 6.77. The summed E-state index contributed by atoms with van der Waals surface area (Å²) < 4.78 is 0. The molecule has 1 aromatic carbocycles. The zero-order valence-corrected chi connectivity index (χ0v) is 23.8. The fourth-order valence-electron chi connectivity index (χ4n) is 6.46. The summed E-state index contributed by atoms with van der Waals surface area (Å²) in [6.45, 7) is 14.1. The van der Waals surface area contributed by atoms with Crippen LogP contribution in [0.3, 0.4) is 0 Å². The number of pyridine rings is 1. The first-order valence-corrected chi connectivity index (χ1v) is 15.4. The SMILES string of the molecule is Cc1cc(N2CCN(CC3CCNCC3)CC2)nc2ccc(CC(=S)CCCN3CCCCCC3)cc12. The van der Waals surface area contributed by atoms with Crippen molar-refractivity contribution in [1.82, 2.24) is 20.1 Å². The minimum atomic E-state index is 0.871. The molecule has 0 bridgehead atoms. The molecule has 0 radical (unpaired) electrons. The quantitative estimate of drug-likeness (QED) is 0.455. The van der Waals surface area contributed by atoms with Crippen LogP contribution in [0.5, 0.6) is 0 Å². The topological polar surface area (TPSA) is 34.6 Å². The van der Waals surface area contributed by atoms with Crippen LogP contribution in [-0.2, 0) is 6.42 Å². The van der Waals surface area contributed by atoms with E-state index in [2.05, 4.69) is 51.2 Å². The van der Waals surface area contributed by atoms with Gasteiger partial charge in [0.2, 0.25) is 0 Å². The standard InChI is InChI=1S/C31H47N5S/c1-25-21-31(36-19-17-35(18-20-36)24-26-10-12-32-13-11-26)33-30-9-8-27(23-29(25)30)22-28(37)7-6-16-34-14-4-2-3-5-15-34/h8-9,21,23,26,32H,2-7,10-20,22,24H2,1H3. The Morgan fingerprint density at radius 2 is 1.70 bits per heavy atom. The van der Waals surface area contributed by atoms with E-state index >= 15 is 0 Å². The van der Waals surface area contributed by atoms with Gasteiger partial charge in [0.1, 0.15) is 5.82 Å². The van der Waals surface area contributed by atoms with E-state index in [0.717, 1.165) is 56.3 Å². The molecule has 5 nitrogen and oxygen atoms in total. The summed E-state index contributed by atoms with van der Waals surface area (Å²) >= 11 is 5.80. The highest BCUT2D eigenvalue weighted by atomic mass is 32.1. The number of thiocarbonyl (C=S) groups is 1. The number of hydrogen-bond donors (Lipinski definition) is 1. The minimum Gasteiger partial charge on any atom is -0.354 e. The normalized spacial score (nSPS) is 20.8. The molecule has 0 amide bonds. The van der Waals surface area contributed by atoms with Crippen LogP contribution in [0.1, 0.15) is 62.5 Å². The van der Waals surface area contributed by atoms with E-state index in [4.69, 9.17) is 17.2 Å². The van der Waals surface area contributed by atoms with E-state index in [9.17, 15) is 0 Å². The van der Waals surface area contributed by atoms with Crippen LogP contribution in [0.25, 0.3) is 10.9 Å². The lowest BCUT2D eigenvalue weighted by atomic mass is 9.97. The van der Waals surface area contributed by atoms with Gasteiger partial charge in [0, 0.05) is 44.5 Å². The van der Waals surface area contributed by atoms with Gasteiger partial charge in [0.15, 0.2) is 0 Å². The summed E-state index contributed by atoms with van der Waals surface area (Å²) in [6, 6.07) is 9.10. The highest BCUT2D eigenvalue weighted by molar-refractivity contribution is 7.80. The van der Waals surface area contributed by atoms with Crippen molar-refractivity contribution < 1.29 is 0 Å². The summed E-state index contributed by atoms with van der Waals surface area (Å²) in [7, 11) is 0. The molecule has 0 spiro atoms. The summed E-state index contributed by atoms with van der Waals surface area (Å²) in [5.41, 5.74) is 3.77. The molecule has 5 rings (SSSR count). The van der Waals surface area contributed by atoms with Crippen molar-refractivity contribution in [2.45, 2.75) is 64.7 Å². The van der Waals surface area contributed by atoms with Crippen molar-refractivity contribution in [1.29, 1.82) is 0 Å². The number of aromatic nitrogens is 1. The van der Waals surface area contributed by atoms with Gasteiger partial charge < -0.3 is 15.1 Å². The lowest BCUT2D eigenvalue weighted by Crippen LogP contribution is -2.48. The third-order valence-electron chi connectivity index (χ3n) is 8.77. The maximum Gasteiger partial charge on any atom is 0.129 e. The Bertz CT molecular complexity index is 1020. The Morgan fingerprint density at radius 3 is 2.46 bits per heavy atom. The molecule has 4 heterocycles. The van der Waals surface area contributed by atoms with Gasteiger partial charge in [0.25, 0.3) is 0 Å². The second kappa shape index (κ2) is 13.5. The first kappa shape index (κ1) is 27.0. The second-order valence-corrected chi connectivity index (χ2v) is 12.3. The number of rotatable bonds is 9. The Balaban J connectivity index is 1.12. The number of fused-ring (bicyclic) bond motifs is 1. The third-order valence-corrected chi connectivity index (χ3v) is 9.12. The molecule has 202 valence electrons. The lowest BCUT2D eigenvalue weighted by molar-refractivity contribution is 0.196. The van der Waals surface area contributed by atoms with E-state index in [1.807, 2.05) is 0 Å². The van der Waals surface area contributed by atoms with Gasteiger partial charge in [-0.2, -0.15) is 0 Å². The number of likely N-dealkylation sites (tertiary alicyclic amines) is 1. The highest BCUT2D eigenvalue weighted by Crippen LogP contribution is 2.25. The van der Waals surface area contributed by atoms with Crippen LogP contribution in [0.15, 0.2) is 24.3 Å². The minimum absolute atomic E-state index is 0.871. The second-order valence-electron chi connectivity index (χ2n) is 11.7. The van der Waals surface area contributed by atoms with Crippen molar-refractivity contribution in [3.05, 3.63) is 35.4 Å². The van der Waals surface area contributed by atoms with Crippen LogP contribution >= 0.6 is 12.2 Å². The van der Waals surface area contributed by atoms with Crippen LogP contribution in [0.4, 0.5) is 5.82 Å². The summed E-state index contributed by atoms with van der Waals surface area (Å²) in [5, 5.41) is 4.77. The fraction of sp³-hybridized carbons (Fsp3) is 0.677. The van der Waals surface area contributed by atoms with E-state index in [1.54, 1.807) is 0 Å². The lowest BCUT2D eigenvalue weighted by Gasteiger charge is -2.38. The zero-order valence-electron chi connectivity index (χ0n) is 23.0. The first-order valence-electron chi connectivity index (χ1n) is 15.0. The Morgan fingerprint density at radius 1 is 0.946 bits per heavy atom. The number of hydrogen-bond acceptors (Lipinski definition) is 6. The van der Waals surface area contributed by atoms with Crippen molar-refractivity contribution in [3.8, 4) is 0 Å². The number of nitrogens with one attached hydrogen (secondary N) is 1. The average molecular weight is 522 g/mol. The number of anilines is 1. The van der Waals surface area contributed by atoms with Gasteiger partial charge in [-0.05, 0) is 118 Å². The molecule has 2 aromatic rings. The van der Waals surface area contributed by atoms with Crippen molar-refractivity contribution in [2.75, 3.05) is 70.3 Å². The Hall–Kier alpha value is -1.60. The molecule has 1 N–H and O–H groups in total. The van der Waals surface area contributed by atoms with E-state index in [1.165, 1.54) is 106 Å². The third kappa shape index (κ3) is 7.72. The van der Waals surface area contributed by atoms with Crippen LogP contribution < -0.4 is 10.2 Å². The first-order chi connectivity index (χ1) is 18.1. The average Bonchev–Trinajstić information content (AvgIpc) is 3.19. The van der Waals surface area contributed by atoms with Crippen LogP contribution in [0, 0.1) is 12.8 Å². The van der Waals surface area contributed by atoms with Gasteiger partial charge in [0.05, 0.1) is 5.52 Å². The largest absolute Gasteiger partial charge is 0.354 e. The van der Waals surface area contributed by atoms with E-state index in [0.29, 0.717) is 0 Å². The summed E-state index contributed by atoms with van der Waals surface area (Å²) in [5.74, 6) is 2.01. The molecule has 0 atom stereocenters. The molecule has 3 aliphatic rings. The molecule has 3 aliphatic heterocycles. The monoisotopic (exact) mass is 521 g/mol. The van der Waals surface area contributed by atoms with Crippen LogP contribution in [-0.4, -0.2) is 85.1 Å². The molecule has 37 heavy (non-hydrogen) atoms. The maximum atomic E-state index is 5.80. The molecule has 6 heteroatoms. The van der Waals surface area contributed by atoms with Gasteiger partial charge in [-0.15, -0.1) is 0 Å². The number of aryl methyl sites for hydroxylation is 1. The van der Waals surface area contributed by atoms with Gasteiger partial charge >= 0.3 is 0 Å². The van der Waals surface area contributed by atoms with Crippen molar-refractivity contribution in [2.24, 2.45) is 5.92 Å². The molecule has 3 fully saturated rings. The molecule has 0 aliphatic carbocycles. The van der Waals surface area contributed by atoms with Gasteiger partial charge in [-0.3, -0.25) is 4.90 Å². The predicted molar refractivity (Wildman–Crippen MR) is 161 cm³/mol. The number of piperazine rings is 1. The maximum absolute atomic E-state index is 5.80. The smallest absolute Gasteiger partial charge is 0.129 e. The van der Waals surface area contributed by atoms with Crippen LogP contribution in [0.2, 0.25) is 0 Å². The molecule has 3 saturated heterocycles. The van der Waals surface area contributed by atoms with Crippen molar-refractivity contribution in [3.63, 3.8) is 0 Å². The summed E-state index contributed by atoms with van der Waals surface area (Å²) in [4.78, 5) is 14.1. The van der Waals surface area contributed by atoms with Gasteiger partial charge in [-0.25, -0.2) is 4.98 Å². The predicted octanol–water partition coefficient (Wildman–Crippen LogP) is 5.23. The summed E-state index contributed by atoms with van der Waals surface area (Å²) in [6.07, 6.45) is 11.4. The molecule has 1 aromatic heterocycles. The highest BCUT2D eigenvalue weighted by Gasteiger charge is 2.22. The number of nitrogens with zero attached hydrogens (tertiary/aromatic N) is 4. The zero-order chi connectivity index (χ0) is 25.5. The Kier molecular flexibility index (Phi) is 9.82. The molecular formula is C31H47N5S. The molecule has 0 unspecified atom stereocenters. The molecule has 0 saturated carbocycles.